The number of phenols is 1. The molecule has 162 valence electrons. The molecule has 31 heavy (non-hydrogen) atoms. The number of benzene rings is 1. The lowest BCUT2D eigenvalue weighted by Crippen LogP contribution is -2.68. The zero-order valence-corrected chi connectivity index (χ0v) is 18.0. The van der Waals surface area contributed by atoms with E-state index in [1.54, 1.807) is 30.7 Å². The van der Waals surface area contributed by atoms with Crippen LogP contribution in [0.15, 0.2) is 41.2 Å². The number of hydrogen-bond donors (Lipinski definition) is 1. The molecule has 0 unspecified atom stereocenters. The van der Waals surface area contributed by atoms with Crippen LogP contribution in [0.4, 0.5) is 0 Å². The van der Waals surface area contributed by atoms with E-state index in [2.05, 4.69) is 18.0 Å². The minimum absolute atomic E-state index is 0.0282. The second kappa shape index (κ2) is 6.63. The molecular weight excluding hydrogens is 392 g/mol. The first-order valence-electron chi connectivity index (χ1n) is 11.2. The van der Waals surface area contributed by atoms with Gasteiger partial charge in [0.05, 0.1) is 18.6 Å². The van der Waals surface area contributed by atoms with Gasteiger partial charge in [-0.15, -0.1) is 0 Å². The Morgan fingerprint density at radius 1 is 1.32 bits per heavy atom. The molecule has 2 aromatic rings. The normalized spacial score (nSPS) is 33.2. The van der Waals surface area contributed by atoms with Gasteiger partial charge in [-0.2, -0.15) is 0 Å². The highest BCUT2D eigenvalue weighted by atomic mass is 16.5. The molecule has 1 aromatic carbocycles. The first kappa shape index (κ1) is 19.0. The summed E-state index contributed by atoms with van der Waals surface area (Å²) >= 11 is 0. The third kappa shape index (κ3) is 2.51. The van der Waals surface area contributed by atoms with Gasteiger partial charge in [-0.3, -0.25) is 4.79 Å². The Morgan fingerprint density at radius 2 is 2.19 bits per heavy atom. The van der Waals surface area contributed by atoms with Crippen LogP contribution in [0.2, 0.25) is 0 Å². The van der Waals surface area contributed by atoms with E-state index in [0.29, 0.717) is 17.7 Å². The van der Waals surface area contributed by atoms with Gasteiger partial charge in [0.25, 0.3) is 0 Å². The van der Waals surface area contributed by atoms with Gasteiger partial charge in [0.15, 0.2) is 11.5 Å². The number of likely N-dealkylation sites (tertiary alicyclic amines) is 1. The van der Waals surface area contributed by atoms with E-state index in [1.807, 2.05) is 18.0 Å². The van der Waals surface area contributed by atoms with Crippen LogP contribution in [-0.4, -0.2) is 59.6 Å². The maximum Gasteiger partial charge on any atom is 0.246 e. The highest BCUT2D eigenvalue weighted by Crippen LogP contribution is 2.64. The molecule has 1 aromatic heterocycles. The molecule has 1 saturated heterocycles. The highest BCUT2D eigenvalue weighted by molar-refractivity contribution is 5.91. The molecule has 1 amide bonds. The number of rotatable bonds is 3. The minimum atomic E-state index is -0.124. The van der Waals surface area contributed by atoms with Gasteiger partial charge in [0.1, 0.15) is 6.10 Å². The van der Waals surface area contributed by atoms with E-state index in [4.69, 9.17) is 9.15 Å². The summed E-state index contributed by atoms with van der Waals surface area (Å²) in [5.41, 5.74) is 3.28. The van der Waals surface area contributed by atoms with E-state index in [-0.39, 0.29) is 29.2 Å². The Hall–Kier alpha value is -2.73. The van der Waals surface area contributed by atoms with E-state index in [1.165, 1.54) is 11.1 Å². The Labute approximate surface area is 182 Å². The molecule has 3 heterocycles. The smallest absolute Gasteiger partial charge is 0.246 e. The third-order valence-corrected chi connectivity index (χ3v) is 8.37. The lowest BCUT2D eigenvalue weighted by atomic mass is 9.51. The number of phenolic OH excluding ortho intramolecular Hbond substituents is 1. The minimum Gasteiger partial charge on any atom is -0.504 e. The van der Waals surface area contributed by atoms with Crippen molar-refractivity contribution in [1.29, 1.82) is 0 Å². The van der Waals surface area contributed by atoms with Gasteiger partial charge in [0, 0.05) is 35.7 Å². The van der Waals surface area contributed by atoms with Gasteiger partial charge in [-0.1, -0.05) is 6.07 Å². The first-order valence-corrected chi connectivity index (χ1v) is 11.2. The van der Waals surface area contributed by atoms with Crippen molar-refractivity contribution >= 4 is 12.0 Å². The Morgan fingerprint density at radius 3 is 3.00 bits per heavy atom. The maximum atomic E-state index is 13.0. The second-order valence-electron chi connectivity index (χ2n) is 9.62. The number of hydrogen-bond acceptors (Lipinski definition) is 5. The molecular formula is C25H28N2O4. The third-order valence-electron chi connectivity index (χ3n) is 8.37. The largest absolute Gasteiger partial charge is 0.504 e. The predicted octanol–water partition coefficient (Wildman–Crippen LogP) is 3.19. The van der Waals surface area contributed by atoms with E-state index >= 15 is 0 Å². The Kier molecular flexibility index (Phi) is 4.06. The summed E-state index contributed by atoms with van der Waals surface area (Å²) in [7, 11) is 4.11. The van der Waals surface area contributed by atoms with Crippen LogP contribution in [0.5, 0.6) is 11.5 Å². The number of amides is 1. The summed E-state index contributed by atoms with van der Waals surface area (Å²) < 4.78 is 11.7. The molecule has 2 bridgehead atoms. The molecule has 4 aliphatic rings. The average Bonchev–Trinajstić information content (AvgIpc) is 3.41. The zero-order valence-electron chi connectivity index (χ0n) is 18.0. The van der Waals surface area contributed by atoms with Crippen LogP contribution in [0.25, 0.3) is 6.08 Å². The average molecular weight is 421 g/mol. The van der Waals surface area contributed by atoms with Gasteiger partial charge in [0.2, 0.25) is 5.91 Å². The number of nitrogens with zero attached hydrogens (tertiary/aromatic N) is 2. The van der Waals surface area contributed by atoms with Crippen molar-refractivity contribution in [2.24, 2.45) is 5.92 Å². The SMILES string of the molecule is CN1CC[C@]23c4c5ccc(O)c4O[C@H]2[C@@H](N(C)C(=O)C=Cc2ccoc2)CC[C@H]3[C@H]1C5. The van der Waals surface area contributed by atoms with Crippen molar-refractivity contribution in [2.45, 2.75) is 49.3 Å². The number of ether oxygens (including phenoxy) is 1. The van der Waals surface area contributed by atoms with Crippen molar-refractivity contribution in [2.75, 3.05) is 20.6 Å². The van der Waals surface area contributed by atoms with Gasteiger partial charge < -0.3 is 24.1 Å². The van der Waals surface area contributed by atoms with Gasteiger partial charge in [-0.25, -0.2) is 0 Å². The van der Waals surface area contributed by atoms with E-state index in [9.17, 15) is 9.90 Å². The number of aromatic hydroxyl groups is 1. The molecule has 5 atom stereocenters. The van der Waals surface area contributed by atoms with Crippen molar-refractivity contribution < 1.29 is 19.1 Å². The summed E-state index contributed by atoms with van der Waals surface area (Å²) in [6.45, 7) is 1.01. The monoisotopic (exact) mass is 420 g/mol. The van der Waals surface area contributed by atoms with Crippen molar-refractivity contribution in [1.82, 2.24) is 9.80 Å². The standard InChI is InChI=1S/C25H28N2O4/c1-26-11-10-25-17-5-6-18(27(2)21(29)8-3-15-9-12-30-14-15)24(25)31-23-20(28)7-4-16(22(23)25)13-19(17)26/h3-4,7-9,12,14,17-19,24,28H,5-6,10-11,13H2,1-2H3/t17-,18-,19+,24-,25-/m0/s1. The lowest BCUT2D eigenvalue weighted by molar-refractivity contribution is -0.134. The van der Waals surface area contributed by atoms with Crippen LogP contribution in [0, 0.1) is 5.92 Å². The number of piperidine rings is 1. The quantitative estimate of drug-likeness (QED) is 0.773. The molecule has 1 spiro atoms. The lowest BCUT2D eigenvalue weighted by Gasteiger charge is -2.59. The number of carbonyl (C=O) groups excluding carboxylic acids is 1. The van der Waals surface area contributed by atoms with Crippen LogP contribution in [-0.2, 0) is 16.6 Å². The Balaban J connectivity index is 1.38. The highest BCUT2D eigenvalue weighted by Gasteiger charge is 2.66. The van der Waals surface area contributed by atoms with Crippen LogP contribution < -0.4 is 4.74 Å². The van der Waals surface area contributed by atoms with Crippen LogP contribution in [0.1, 0.15) is 36.0 Å². The summed E-state index contributed by atoms with van der Waals surface area (Å²) in [4.78, 5) is 17.4. The topological polar surface area (TPSA) is 66.2 Å². The van der Waals surface area contributed by atoms with Crippen LogP contribution in [0.3, 0.4) is 0 Å². The first-order chi connectivity index (χ1) is 15.0. The number of furan rings is 1. The molecule has 2 aliphatic heterocycles. The summed E-state index contributed by atoms with van der Waals surface area (Å²) in [5, 5.41) is 10.6. The Bertz CT molecular complexity index is 1060. The van der Waals surface area contributed by atoms with Crippen molar-refractivity contribution in [3.63, 3.8) is 0 Å². The van der Waals surface area contributed by atoms with E-state index in [0.717, 1.165) is 37.8 Å². The molecule has 6 heteroatoms. The van der Waals surface area contributed by atoms with Gasteiger partial charge in [-0.05, 0) is 69.0 Å². The second-order valence-corrected chi connectivity index (χ2v) is 9.62. The molecule has 2 fully saturated rings. The summed E-state index contributed by atoms with van der Waals surface area (Å²) in [5.74, 6) is 1.35. The molecule has 6 rings (SSSR count). The zero-order chi connectivity index (χ0) is 21.3. The fraction of sp³-hybridized carbons (Fsp3) is 0.480. The van der Waals surface area contributed by atoms with E-state index < -0.39 is 0 Å². The maximum absolute atomic E-state index is 13.0. The number of likely N-dealkylation sites (N-methyl/N-ethyl adjacent to an activating group) is 2. The van der Waals surface area contributed by atoms with Crippen molar-refractivity contribution in [3.05, 3.63) is 53.5 Å². The summed E-state index contributed by atoms with van der Waals surface area (Å²) in [6.07, 6.45) is 10.5. The fourth-order valence-corrected chi connectivity index (χ4v) is 6.93. The molecule has 2 aliphatic carbocycles. The molecule has 0 radical (unpaired) electrons. The van der Waals surface area contributed by atoms with Gasteiger partial charge >= 0.3 is 0 Å². The molecule has 1 N–H and O–H groups in total. The van der Waals surface area contributed by atoms with Crippen LogP contribution >= 0.6 is 0 Å². The fourth-order valence-electron chi connectivity index (χ4n) is 6.93. The predicted molar refractivity (Wildman–Crippen MR) is 116 cm³/mol. The number of carbonyl (C=O) groups is 1. The van der Waals surface area contributed by atoms with Crippen molar-refractivity contribution in [3.8, 4) is 11.5 Å². The molecule has 6 nitrogen and oxygen atoms in total. The summed E-state index contributed by atoms with van der Waals surface area (Å²) in [6, 6.07) is 6.15. The molecule has 1 saturated carbocycles.